The van der Waals surface area contributed by atoms with Crippen molar-refractivity contribution in [3.8, 4) is 11.5 Å². The zero-order valence-electron chi connectivity index (χ0n) is 18.3. The van der Waals surface area contributed by atoms with Crippen LogP contribution in [0, 0.1) is 11.6 Å². The lowest BCUT2D eigenvalue weighted by Gasteiger charge is -2.36. The molecule has 1 aliphatic heterocycles. The van der Waals surface area contributed by atoms with E-state index in [4.69, 9.17) is 32.7 Å². The van der Waals surface area contributed by atoms with E-state index in [1.165, 1.54) is 29.2 Å². The number of ether oxygens (including phenoxy) is 2. The zero-order valence-corrected chi connectivity index (χ0v) is 19.8. The number of hydrogen-bond acceptors (Lipinski definition) is 6. The smallest absolute Gasteiger partial charge is 0.321 e. The summed E-state index contributed by atoms with van der Waals surface area (Å²) in [6, 6.07) is 6.09. The highest BCUT2D eigenvalue weighted by Crippen LogP contribution is 2.22. The summed E-state index contributed by atoms with van der Waals surface area (Å²) in [6.45, 7) is -0.696. The van der Waals surface area contributed by atoms with Crippen LogP contribution in [-0.2, 0) is 14.4 Å². The van der Waals surface area contributed by atoms with E-state index in [9.17, 15) is 28.3 Å². The van der Waals surface area contributed by atoms with Gasteiger partial charge in [-0.3, -0.25) is 19.3 Å². The minimum absolute atomic E-state index is 0.0720. The van der Waals surface area contributed by atoms with Crippen LogP contribution in [0.5, 0.6) is 11.5 Å². The highest BCUT2D eigenvalue weighted by molar-refractivity contribution is 6.31. The summed E-state index contributed by atoms with van der Waals surface area (Å²) in [5, 5.41) is 12.2. The summed E-state index contributed by atoms with van der Waals surface area (Å²) in [5.74, 6) is -3.13. The molecular formula is C23H22Cl2F2N2O6. The van der Waals surface area contributed by atoms with Gasteiger partial charge in [-0.05, 0) is 37.1 Å². The average molecular weight is 531 g/mol. The molecule has 2 atom stereocenters. The normalized spacial score (nSPS) is 18.1. The van der Waals surface area contributed by atoms with Crippen molar-refractivity contribution in [3.63, 3.8) is 0 Å². The minimum atomic E-state index is -1.13. The second-order valence-corrected chi connectivity index (χ2v) is 8.70. The van der Waals surface area contributed by atoms with E-state index in [-0.39, 0.29) is 54.3 Å². The van der Waals surface area contributed by atoms with E-state index in [2.05, 4.69) is 5.32 Å². The number of rotatable bonds is 10. The average Bonchev–Trinajstić information content (AvgIpc) is 2.81. The minimum Gasteiger partial charge on any atom is -0.486 e. The lowest BCUT2D eigenvalue weighted by molar-refractivity contribution is -0.146. The molecule has 0 bridgehead atoms. The van der Waals surface area contributed by atoms with Crippen molar-refractivity contribution in [1.29, 1.82) is 0 Å². The third kappa shape index (κ3) is 7.78. The predicted octanol–water partition coefficient (Wildman–Crippen LogP) is 3.33. The van der Waals surface area contributed by atoms with Gasteiger partial charge in [0.25, 0.3) is 5.91 Å². The molecule has 1 amide bonds. The maximum Gasteiger partial charge on any atom is 0.321 e. The summed E-state index contributed by atoms with van der Waals surface area (Å²) in [6.07, 6.45) is 0.481. The number of hydrogen-bond donors (Lipinski definition) is 2. The van der Waals surface area contributed by atoms with Crippen molar-refractivity contribution in [2.45, 2.75) is 24.9 Å². The molecule has 1 saturated heterocycles. The number of likely N-dealkylation sites (tertiary alicyclic amines) is 1. The van der Waals surface area contributed by atoms with Gasteiger partial charge in [-0.25, -0.2) is 8.78 Å². The van der Waals surface area contributed by atoms with Crippen molar-refractivity contribution < 1.29 is 37.7 Å². The number of nitrogens with one attached hydrogen (secondary N) is 1. The van der Waals surface area contributed by atoms with Crippen molar-refractivity contribution in [1.82, 2.24) is 10.2 Å². The number of Topliss-reactive ketones (excluding diaryl/α,β-unsaturated/α-hetero) is 1. The Morgan fingerprint density at radius 2 is 1.57 bits per heavy atom. The number of carbonyl (C=O) groups excluding carboxylic acids is 2. The fourth-order valence-electron chi connectivity index (χ4n) is 3.58. The molecule has 3 rings (SSSR count). The first-order valence-corrected chi connectivity index (χ1v) is 11.3. The van der Waals surface area contributed by atoms with Gasteiger partial charge in [-0.2, -0.15) is 0 Å². The Morgan fingerprint density at radius 1 is 1.00 bits per heavy atom. The highest BCUT2D eigenvalue weighted by atomic mass is 35.5. The summed E-state index contributed by atoms with van der Waals surface area (Å²) in [4.78, 5) is 37.8. The number of nitrogens with zero attached hydrogens (tertiary/aromatic N) is 1. The molecule has 1 fully saturated rings. The third-order valence-corrected chi connectivity index (χ3v) is 5.91. The van der Waals surface area contributed by atoms with Crippen molar-refractivity contribution >= 4 is 40.9 Å². The summed E-state index contributed by atoms with van der Waals surface area (Å²) in [7, 11) is 0. The van der Waals surface area contributed by atoms with Crippen molar-refractivity contribution in [2.75, 3.05) is 26.3 Å². The molecule has 2 unspecified atom stereocenters. The lowest BCUT2D eigenvalue weighted by Crippen LogP contribution is -2.54. The fourth-order valence-corrected chi connectivity index (χ4v) is 3.81. The Labute approximate surface area is 209 Å². The molecule has 0 saturated carbocycles. The van der Waals surface area contributed by atoms with Gasteiger partial charge in [0, 0.05) is 24.7 Å². The summed E-state index contributed by atoms with van der Waals surface area (Å²) < 4.78 is 37.5. The van der Waals surface area contributed by atoms with E-state index >= 15 is 0 Å². The van der Waals surface area contributed by atoms with Crippen LogP contribution in [0.4, 0.5) is 8.78 Å². The third-order valence-electron chi connectivity index (χ3n) is 5.29. The molecule has 1 heterocycles. The highest BCUT2D eigenvalue weighted by Gasteiger charge is 2.35. The standard InChI is InChI=1S/C23H22Cl2F2N2O6/c24-17-3-1-15(8-19(17)26)34-11-14(30)10-29-6-5-13(7-21(29)23(32)33)28-22(31)12-35-16-2-4-18(25)20(27)9-16/h1-4,8-9,13,21H,5-7,10-12H2,(H,28,31)(H,32,33). The molecule has 2 N–H and O–H groups in total. The second kappa shape index (κ2) is 12.1. The molecule has 2 aromatic rings. The summed E-state index contributed by atoms with van der Waals surface area (Å²) in [5.41, 5.74) is 0. The number of carboxylic acids is 1. The second-order valence-electron chi connectivity index (χ2n) is 7.88. The van der Waals surface area contributed by atoms with Gasteiger partial charge in [-0.1, -0.05) is 23.2 Å². The SMILES string of the molecule is O=C(COc1ccc(Cl)c(F)c1)CN1CCC(NC(=O)COc2ccc(Cl)c(F)c2)CC1C(=O)O. The first-order chi connectivity index (χ1) is 16.6. The molecule has 0 radical (unpaired) electrons. The molecule has 1 aliphatic rings. The molecule has 0 aromatic heterocycles. The molecule has 2 aromatic carbocycles. The number of ketones is 1. The van der Waals surface area contributed by atoms with Crippen LogP contribution in [0.2, 0.25) is 10.0 Å². The van der Waals surface area contributed by atoms with Gasteiger partial charge >= 0.3 is 5.97 Å². The Bertz CT molecular complexity index is 1100. The maximum atomic E-state index is 13.5. The lowest BCUT2D eigenvalue weighted by atomic mass is 9.96. The van der Waals surface area contributed by atoms with Gasteiger partial charge in [0.05, 0.1) is 16.6 Å². The number of benzene rings is 2. The summed E-state index contributed by atoms with van der Waals surface area (Å²) >= 11 is 11.2. The Balaban J connectivity index is 1.47. The Hall–Kier alpha value is -2.95. The number of amides is 1. The number of aliphatic carboxylic acids is 1. The van der Waals surface area contributed by atoms with Crippen LogP contribution in [-0.4, -0.2) is 66.1 Å². The van der Waals surface area contributed by atoms with Crippen LogP contribution < -0.4 is 14.8 Å². The Morgan fingerprint density at radius 3 is 2.11 bits per heavy atom. The van der Waals surface area contributed by atoms with Crippen LogP contribution in [0.15, 0.2) is 36.4 Å². The molecule has 0 aliphatic carbocycles. The van der Waals surface area contributed by atoms with Crippen molar-refractivity contribution in [3.05, 3.63) is 58.1 Å². The topological polar surface area (TPSA) is 105 Å². The largest absolute Gasteiger partial charge is 0.486 e. The van der Waals surface area contributed by atoms with Gasteiger partial charge < -0.3 is 19.9 Å². The van der Waals surface area contributed by atoms with Crippen LogP contribution >= 0.6 is 23.2 Å². The quantitative estimate of drug-likeness (QED) is 0.485. The van der Waals surface area contributed by atoms with Crippen molar-refractivity contribution in [2.24, 2.45) is 0 Å². The van der Waals surface area contributed by atoms with Gasteiger partial charge in [-0.15, -0.1) is 0 Å². The van der Waals surface area contributed by atoms with Crippen LogP contribution in [0.1, 0.15) is 12.8 Å². The van der Waals surface area contributed by atoms with E-state index in [0.717, 1.165) is 12.1 Å². The van der Waals surface area contributed by atoms with E-state index in [1.54, 1.807) is 0 Å². The Kier molecular flexibility index (Phi) is 9.25. The van der Waals surface area contributed by atoms with E-state index < -0.39 is 41.4 Å². The fraction of sp³-hybridized carbons (Fsp3) is 0.348. The molecule has 0 spiro atoms. The van der Waals surface area contributed by atoms with E-state index in [1.807, 2.05) is 0 Å². The molecule has 188 valence electrons. The number of carboxylic acid groups (broad SMARTS) is 1. The van der Waals surface area contributed by atoms with Crippen LogP contribution in [0.25, 0.3) is 0 Å². The monoisotopic (exact) mass is 530 g/mol. The zero-order chi connectivity index (χ0) is 25.5. The van der Waals surface area contributed by atoms with Gasteiger partial charge in [0.2, 0.25) is 0 Å². The van der Waals surface area contributed by atoms with Crippen LogP contribution in [0.3, 0.4) is 0 Å². The number of carbonyl (C=O) groups is 3. The first kappa shape index (κ1) is 26.7. The molecule has 35 heavy (non-hydrogen) atoms. The van der Waals surface area contributed by atoms with Gasteiger partial charge in [0.15, 0.2) is 12.4 Å². The molecule has 8 nitrogen and oxygen atoms in total. The predicted molar refractivity (Wildman–Crippen MR) is 123 cm³/mol. The van der Waals surface area contributed by atoms with E-state index in [0.29, 0.717) is 6.42 Å². The maximum absolute atomic E-state index is 13.5. The molecule has 12 heteroatoms. The first-order valence-electron chi connectivity index (χ1n) is 10.6. The number of halogens is 4. The van der Waals surface area contributed by atoms with Gasteiger partial charge in [0.1, 0.15) is 35.8 Å². The molecular weight excluding hydrogens is 509 g/mol. The number of piperidine rings is 1.